The fourth-order valence-corrected chi connectivity index (χ4v) is 1.98. The average molecular weight is 224 g/mol. The van der Waals surface area contributed by atoms with Gasteiger partial charge in [-0.3, -0.25) is 9.59 Å². The van der Waals surface area contributed by atoms with Crippen molar-refractivity contribution in [3.05, 3.63) is 11.6 Å². The van der Waals surface area contributed by atoms with Crippen LogP contribution in [-0.2, 0) is 9.59 Å². The summed E-state index contributed by atoms with van der Waals surface area (Å²) in [5.74, 6) is -0.0463. The van der Waals surface area contributed by atoms with Crippen LogP contribution in [0.1, 0.15) is 33.6 Å². The van der Waals surface area contributed by atoms with Gasteiger partial charge in [0.2, 0.25) is 11.8 Å². The van der Waals surface area contributed by atoms with Crippen LogP contribution in [0.4, 0.5) is 0 Å². The van der Waals surface area contributed by atoms with E-state index < -0.39 is 0 Å². The van der Waals surface area contributed by atoms with Crippen molar-refractivity contribution >= 4 is 11.8 Å². The SMILES string of the molecule is CC/C=C(\C)C(=O)N1CCNC(=O)C1CC. The molecule has 0 aromatic rings. The minimum Gasteiger partial charge on any atom is -0.353 e. The number of rotatable bonds is 3. The number of amides is 2. The zero-order valence-electron chi connectivity index (χ0n) is 10.2. The number of carbonyl (C=O) groups excluding carboxylic acids is 2. The van der Waals surface area contributed by atoms with Crippen molar-refractivity contribution in [3.8, 4) is 0 Å². The van der Waals surface area contributed by atoms with Gasteiger partial charge in [-0.05, 0) is 19.8 Å². The highest BCUT2D eigenvalue weighted by atomic mass is 16.2. The molecule has 0 aromatic carbocycles. The molecule has 1 saturated heterocycles. The lowest BCUT2D eigenvalue weighted by molar-refractivity contribution is -0.140. The van der Waals surface area contributed by atoms with Gasteiger partial charge in [0.15, 0.2) is 0 Å². The first kappa shape index (κ1) is 12.7. The monoisotopic (exact) mass is 224 g/mol. The van der Waals surface area contributed by atoms with Crippen molar-refractivity contribution in [2.45, 2.75) is 39.7 Å². The zero-order chi connectivity index (χ0) is 12.1. The summed E-state index contributed by atoms with van der Waals surface area (Å²) in [6.45, 7) is 6.90. The molecule has 16 heavy (non-hydrogen) atoms. The molecule has 0 bridgehead atoms. The molecule has 1 heterocycles. The Labute approximate surface area is 96.7 Å². The molecule has 0 aliphatic carbocycles. The predicted octanol–water partition coefficient (Wildman–Crippen LogP) is 1.08. The predicted molar refractivity (Wildman–Crippen MR) is 62.8 cm³/mol. The van der Waals surface area contributed by atoms with Crippen LogP contribution in [0.2, 0.25) is 0 Å². The van der Waals surface area contributed by atoms with E-state index >= 15 is 0 Å². The van der Waals surface area contributed by atoms with Gasteiger partial charge in [0.25, 0.3) is 0 Å². The lowest BCUT2D eigenvalue weighted by Crippen LogP contribution is -2.57. The first-order chi connectivity index (χ1) is 7.61. The second-order valence-electron chi connectivity index (χ2n) is 4.01. The van der Waals surface area contributed by atoms with Crippen molar-refractivity contribution in [1.29, 1.82) is 0 Å². The molecule has 1 atom stereocenters. The number of hydrogen-bond donors (Lipinski definition) is 1. The number of nitrogens with zero attached hydrogens (tertiary/aromatic N) is 1. The van der Waals surface area contributed by atoms with Crippen LogP contribution in [0, 0.1) is 0 Å². The van der Waals surface area contributed by atoms with Gasteiger partial charge in [-0.15, -0.1) is 0 Å². The standard InChI is InChI=1S/C12H20N2O2/c1-4-6-9(3)12(16)14-8-7-13-11(15)10(14)5-2/h6,10H,4-5,7-8H2,1-3H3,(H,13,15)/b9-6+. The Balaban J connectivity index is 2.81. The molecule has 1 aliphatic heterocycles. The van der Waals surface area contributed by atoms with Crippen LogP contribution < -0.4 is 5.32 Å². The molecule has 0 saturated carbocycles. The molecule has 1 unspecified atom stereocenters. The molecule has 90 valence electrons. The minimum absolute atomic E-state index is 0.0106. The van der Waals surface area contributed by atoms with E-state index in [9.17, 15) is 9.59 Å². The van der Waals surface area contributed by atoms with Crippen molar-refractivity contribution in [2.75, 3.05) is 13.1 Å². The third kappa shape index (κ3) is 2.62. The Bertz CT molecular complexity index is 310. The summed E-state index contributed by atoms with van der Waals surface area (Å²) >= 11 is 0. The van der Waals surface area contributed by atoms with E-state index in [1.54, 1.807) is 4.90 Å². The van der Waals surface area contributed by atoms with E-state index in [0.717, 1.165) is 12.0 Å². The first-order valence-corrected chi connectivity index (χ1v) is 5.87. The topological polar surface area (TPSA) is 49.4 Å². The number of allylic oxidation sites excluding steroid dienone is 1. The third-order valence-electron chi connectivity index (χ3n) is 2.83. The molecule has 2 amide bonds. The molecule has 0 radical (unpaired) electrons. The summed E-state index contributed by atoms with van der Waals surface area (Å²) in [4.78, 5) is 25.4. The van der Waals surface area contributed by atoms with E-state index in [1.807, 2.05) is 26.8 Å². The summed E-state index contributed by atoms with van der Waals surface area (Å²) in [5.41, 5.74) is 0.732. The second kappa shape index (κ2) is 5.68. The number of nitrogens with one attached hydrogen (secondary N) is 1. The Morgan fingerprint density at radius 2 is 2.25 bits per heavy atom. The average Bonchev–Trinajstić information content (AvgIpc) is 2.28. The van der Waals surface area contributed by atoms with Crippen LogP contribution in [-0.4, -0.2) is 35.8 Å². The molecule has 4 heteroatoms. The maximum absolute atomic E-state index is 12.1. The Hall–Kier alpha value is -1.32. The fourth-order valence-electron chi connectivity index (χ4n) is 1.98. The smallest absolute Gasteiger partial charge is 0.249 e. The Kier molecular flexibility index (Phi) is 4.52. The number of carbonyl (C=O) groups is 2. The first-order valence-electron chi connectivity index (χ1n) is 5.87. The molecule has 1 aliphatic rings. The molecule has 1 N–H and O–H groups in total. The molecule has 4 nitrogen and oxygen atoms in total. The van der Waals surface area contributed by atoms with E-state index in [0.29, 0.717) is 19.5 Å². The summed E-state index contributed by atoms with van der Waals surface area (Å²) in [5, 5.41) is 2.79. The Morgan fingerprint density at radius 1 is 1.56 bits per heavy atom. The van der Waals surface area contributed by atoms with E-state index in [4.69, 9.17) is 0 Å². The summed E-state index contributed by atoms with van der Waals surface area (Å²) in [6.07, 6.45) is 3.41. The largest absolute Gasteiger partial charge is 0.353 e. The van der Waals surface area contributed by atoms with Crippen molar-refractivity contribution in [3.63, 3.8) is 0 Å². The number of hydrogen-bond acceptors (Lipinski definition) is 2. The summed E-state index contributed by atoms with van der Waals surface area (Å²) < 4.78 is 0. The van der Waals surface area contributed by atoms with Gasteiger partial charge >= 0.3 is 0 Å². The third-order valence-corrected chi connectivity index (χ3v) is 2.83. The van der Waals surface area contributed by atoms with Crippen LogP contribution in [0.25, 0.3) is 0 Å². The maximum Gasteiger partial charge on any atom is 0.249 e. The Morgan fingerprint density at radius 3 is 2.81 bits per heavy atom. The normalized spacial score (nSPS) is 21.9. The van der Waals surface area contributed by atoms with Crippen molar-refractivity contribution in [1.82, 2.24) is 10.2 Å². The highest BCUT2D eigenvalue weighted by Gasteiger charge is 2.31. The van der Waals surface area contributed by atoms with Gasteiger partial charge in [0.05, 0.1) is 0 Å². The van der Waals surface area contributed by atoms with Crippen molar-refractivity contribution < 1.29 is 9.59 Å². The molecule has 0 aromatic heterocycles. The highest BCUT2D eigenvalue weighted by molar-refractivity contribution is 5.97. The summed E-state index contributed by atoms with van der Waals surface area (Å²) in [6, 6.07) is -0.304. The maximum atomic E-state index is 12.1. The van der Waals surface area contributed by atoms with E-state index in [-0.39, 0.29) is 17.9 Å². The van der Waals surface area contributed by atoms with E-state index in [1.165, 1.54) is 0 Å². The zero-order valence-corrected chi connectivity index (χ0v) is 10.2. The lowest BCUT2D eigenvalue weighted by atomic mass is 10.1. The van der Waals surface area contributed by atoms with Crippen LogP contribution in [0.15, 0.2) is 11.6 Å². The minimum atomic E-state index is -0.304. The highest BCUT2D eigenvalue weighted by Crippen LogP contribution is 2.12. The van der Waals surface area contributed by atoms with Gasteiger partial charge < -0.3 is 10.2 Å². The number of piperazine rings is 1. The van der Waals surface area contributed by atoms with Gasteiger partial charge in [-0.2, -0.15) is 0 Å². The summed E-state index contributed by atoms with van der Waals surface area (Å²) in [7, 11) is 0. The molecule has 0 spiro atoms. The van der Waals surface area contributed by atoms with Gasteiger partial charge in [-0.1, -0.05) is 19.9 Å². The van der Waals surface area contributed by atoms with Crippen LogP contribution >= 0.6 is 0 Å². The van der Waals surface area contributed by atoms with Gasteiger partial charge in [-0.25, -0.2) is 0 Å². The van der Waals surface area contributed by atoms with Crippen LogP contribution in [0.3, 0.4) is 0 Å². The van der Waals surface area contributed by atoms with Crippen LogP contribution in [0.5, 0.6) is 0 Å². The van der Waals surface area contributed by atoms with E-state index in [2.05, 4.69) is 5.32 Å². The molecular formula is C12H20N2O2. The molecule has 1 fully saturated rings. The van der Waals surface area contributed by atoms with Crippen molar-refractivity contribution in [2.24, 2.45) is 0 Å². The van der Waals surface area contributed by atoms with Gasteiger partial charge in [0, 0.05) is 18.7 Å². The quantitative estimate of drug-likeness (QED) is 0.729. The molecule has 1 rings (SSSR count). The lowest BCUT2D eigenvalue weighted by Gasteiger charge is -2.34. The second-order valence-corrected chi connectivity index (χ2v) is 4.01. The van der Waals surface area contributed by atoms with Gasteiger partial charge in [0.1, 0.15) is 6.04 Å². The molecular weight excluding hydrogens is 204 g/mol. The fraction of sp³-hybridized carbons (Fsp3) is 0.667.